The minimum absolute atomic E-state index is 0.195. The summed E-state index contributed by atoms with van der Waals surface area (Å²) in [4.78, 5) is 23.1. The van der Waals surface area contributed by atoms with Gasteiger partial charge in [-0.1, -0.05) is 42.5 Å². The van der Waals surface area contributed by atoms with Crippen molar-refractivity contribution in [3.8, 4) is 0 Å². The van der Waals surface area contributed by atoms with Gasteiger partial charge in [-0.2, -0.15) is 0 Å². The Morgan fingerprint density at radius 1 is 1.00 bits per heavy atom. The summed E-state index contributed by atoms with van der Waals surface area (Å²) >= 11 is 0. The van der Waals surface area contributed by atoms with Crippen molar-refractivity contribution >= 4 is 16.9 Å². The lowest BCUT2D eigenvalue weighted by Crippen LogP contribution is -2.39. The smallest absolute Gasteiger partial charge is 0.226 e. The number of H-pyrrole nitrogens is 1. The molecule has 0 spiro atoms. The molecule has 2 aromatic carbocycles. The fourth-order valence-electron chi connectivity index (χ4n) is 4.31. The third-order valence-corrected chi connectivity index (χ3v) is 5.94. The number of fused-ring (bicyclic) bond motifs is 1. The minimum atomic E-state index is 0.195. The molecule has 0 bridgehead atoms. The van der Waals surface area contributed by atoms with Crippen LogP contribution in [0.4, 0.5) is 0 Å². The van der Waals surface area contributed by atoms with Crippen molar-refractivity contribution < 1.29 is 4.79 Å². The zero-order valence-corrected chi connectivity index (χ0v) is 14.8. The molecule has 2 atom stereocenters. The summed E-state index contributed by atoms with van der Waals surface area (Å²) in [5.74, 6) is 2.47. The molecule has 4 heteroatoms. The number of rotatable bonds is 3. The summed E-state index contributed by atoms with van der Waals surface area (Å²) in [6.07, 6.45) is 2.99. The quantitative estimate of drug-likeness (QED) is 0.778. The van der Waals surface area contributed by atoms with E-state index >= 15 is 0 Å². The van der Waals surface area contributed by atoms with Gasteiger partial charge in [0.15, 0.2) is 0 Å². The maximum atomic E-state index is 12.8. The number of hydrogen-bond donors (Lipinski definition) is 1. The zero-order chi connectivity index (χ0) is 17.5. The molecule has 1 aliphatic carbocycles. The fourth-order valence-corrected chi connectivity index (χ4v) is 4.31. The second kappa shape index (κ2) is 6.27. The number of likely N-dealkylation sites (tertiary alicyclic amines) is 1. The van der Waals surface area contributed by atoms with Crippen LogP contribution < -0.4 is 0 Å². The van der Waals surface area contributed by atoms with E-state index in [9.17, 15) is 4.79 Å². The van der Waals surface area contributed by atoms with Crippen molar-refractivity contribution in [2.75, 3.05) is 13.1 Å². The van der Waals surface area contributed by atoms with Gasteiger partial charge in [0.05, 0.1) is 11.0 Å². The third-order valence-electron chi connectivity index (χ3n) is 5.94. The number of imidazole rings is 1. The summed E-state index contributed by atoms with van der Waals surface area (Å²) < 4.78 is 0. The van der Waals surface area contributed by atoms with E-state index in [1.807, 2.05) is 24.3 Å². The Kier molecular flexibility index (Phi) is 3.77. The average Bonchev–Trinajstić information content (AvgIpc) is 3.39. The topological polar surface area (TPSA) is 49.0 Å². The molecule has 4 nitrogen and oxygen atoms in total. The van der Waals surface area contributed by atoms with Crippen molar-refractivity contribution in [2.45, 2.75) is 31.1 Å². The van der Waals surface area contributed by atoms with Crippen molar-refractivity contribution in [3.05, 3.63) is 66.0 Å². The highest BCUT2D eigenvalue weighted by Crippen LogP contribution is 2.48. The summed E-state index contributed by atoms with van der Waals surface area (Å²) in [7, 11) is 0. The summed E-state index contributed by atoms with van der Waals surface area (Å²) in [5.41, 5.74) is 3.44. The Bertz CT molecular complexity index is 892. The number of carbonyl (C=O) groups is 1. The van der Waals surface area contributed by atoms with Crippen LogP contribution in [0.2, 0.25) is 0 Å². The number of hydrogen-bond acceptors (Lipinski definition) is 2. The van der Waals surface area contributed by atoms with Gasteiger partial charge in [-0.3, -0.25) is 4.79 Å². The van der Waals surface area contributed by atoms with Crippen LogP contribution in [-0.2, 0) is 4.79 Å². The van der Waals surface area contributed by atoms with Crippen molar-refractivity contribution in [1.82, 2.24) is 14.9 Å². The van der Waals surface area contributed by atoms with Crippen LogP contribution in [0.3, 0.4) is 0 Å². The Balaban J connectivity index is 1.21. The van der Waals surface area contributed by atoms with E-state index in [0.29, 0.717) is 17.7 Å². The molecular formula is C22H23N3O. The van der Waals surface area contributed by atoms with Gasteiger partial charge in [0, 0.05) is 24.9 Å². The first kappa shape index (κ1) is 15.6. The van der Waals surface area contributed by atoms with Gasteiger partial charge in [0.1, 0.15) is 5.82 Å². The van der Waals surface area contributed by atoms with Gasteiger partial charge in [-0.15, -0.1) is 0 Å². The van der Waals surface area contributed by atoms with Gasteiger partial charge in [0.25, 0.3) is 0 Å². The maximum absolute atomic E-state index is 12.8. The van der Waals surface area contributed by atoms with Gasteiger partial charge in [-0.25, -0.2) is 4.98 Å². The number of piperidine rings is 1. The highest BCUT2D eigenvalue weighted by Gasteiger charge is 2.46. The van der Waals surface area contributed by atoms with E-state index in [1.165, 1.54) is 5.56 Å². The zero-order valence-electron chi connectivity index (χ0n) is 14.8. The predicted octanol–water partition coefficient (Wildman–Crippen LogP) is 4.07. The number of para-hydroxylation sites is 2. The SMILES string of the molecule is O=C([C@H]1C[C@H]1c1ccccc1)N1CCC(c2nc3ccccc3[nH]2)CC1. The average molecular weight is 345 g/mol. The number of aromatic nitrogens is 2. The van der Waals surface area contributed by atoms with Gasteiger partial charge < -0.3 is 9.88 Å². The fraction of sp³-hybridized carbons (Fsp3) is 0.364. The van der Waals surface area contributed by atoms with Crippen LogP contribution in [0.15, 0.2) is 54.6 Å². The van der Waals surface area contributed by atoms with Gasteiger partial charge >= 0.3 is 0 Å². The lowest BCUT2D eigenvalue weighted by atomic mass is 9.95. The molecule has 1 saturated carbocycles. The first-order chi connectivity index (χ1) is 12.8. The normalized spacial score (nSPS) is 23.3. The lowest BCUT2D eigenvalue weighted by molar-refractivity contribution is -0.133. The Labute approximate surface area is 153 Å². The van der Waals surface area contributed by atoms with Crippen LogP contribution in [0.5, 0.6) is 0 Å². The molecule has 1 aromatic heterocycles. The third kappa shape index (κ3) is 2.79. The molecule has 2 heterocycles. The molecule has 3 aromatic rings. The van der Waals surface area contributed by atoms with E-state index in [0.717, 1.165) is 49.2 Å². The molecule has 1 N–H and O–H groups in total. The van der Waals surface area contributed by atoms with Crippen molar-refractivity contribution in [1.29, 1.82) is 0 Å². The number of carbonyl (C=O) groups excluding carboxylic acids is 1. The minimum Gasteiger partial charge on any atom is -0.342 e. The van der Waals surface area contributed by atoms with Crippen LogP contribution >= 0.6 is 0 Å². The summed E-state index contributed by atoms with van der Waals surface area (Å²) in [6, 6.07) is 18.6. The molecule has 132 valence electrons. The number of nitrogens with zero attached hydrogens (tertiary/aromatic N) is 2. The summed E-state index contributed by atoms with van der Waals surface area (Å²) in [5, 5.41) is 0. The van der Waals surface area contributed by atoms with Crippen LogP contribution in [0.1, 0.15) is 42.5 Å². The monoisotopic (exact) mass is 345 g/mol. The molecule has 1 aliphatic heterocycles. The molecule has 1 saturated heterocycles. The van der Waals surface area contributed by atoms with E-state index in [2.05, 4.69) is 40.2 Å². The maximum Gasteiger partial charge on any atom is 0.226 e. The molecule has 0 unspecified atom stereocenters. The molecule has 5 rings (SSSR count). The molecule has 1 amide bonds. The first-order valence-corrected chi connectivity index (χ1v) is 9.58. The predicted molar refractivity (Wildman–Crippen MR) is 102 cm³/mol. The van der Waals surface area contributed by atoms with E-state index in [4.69, 9.17) is 4.98 Å². The van der Waals surface area contributed by atoms with Gasteiger partial charge in [-0.05, 0) is 42.9 Å². The Hall–Kier alpha value is -2.62. The number of benzene rings is 2. The van der Waals surface area contributed by atoms with Crippen molar-refractivity contribution in [3.63, 3.8) is 0 Å². The largest absolute Gasteiger partial charge is 0.342 e. The number of amides is 1. The lowest BCUT2D eigenvalue weighted by Gasteiger charge is -2.31. The van der Waals surface area contributed by atoms with E-state index in [-0.39, 0.29) is 5.92 Å². The Morgan fingerprint density at radius 3 is 2.50 bits per heavy atom. The molecule has 2 aliphatic rings. The van der Waals surface area contributed by atoms with Crippen LogP contribution in [0.25, 0.3) is 11.0 Å². The summed E-state index contributed by atoms with van der Waals surface area (Å²) in [6.45, 7) is 1.69. The van der Waals surface area contributed by atoms with Gasteiger partial charge in [0.2, 0.25) is 5.91 Å². The molecule has 26 heavy (non-hydrogen) atoms. The van der Waals surface area contributed by atoms with E-state index < -0.39 is 0 Å². The molecular weight excluding hydrogens is 322 g/mol. The standard InChI is InChI=1S/C22H23N3O/c26-22(18-14-17(18)15-6-2-1-3-7-15)25-12-10-16(11-13-25)21-23-19-8-4-5-9-20(19)24-21/h1-9,16-18H,10-14H2,(H,23,24)/t17-,18-/m0/s1. The van der Waals surface area contributed by atoms with Crippen LogP contribution in [-0.4, -0.2) is 33.9 Å². The molecule has 0 radical (unpaired) electrons. The molecule has 2 fully saturated rings. The second-order valence-corrected chi connectivity index (χ2v) is 7.60. The first-order valence-electron chi connectivity index (χ1n) is 9.58. The highest BCUT2D eigenvalue weighted by molar-refractivity contribution is 5.83. The second-order valence-electron chi connectivity index (χ2n) is 7.60. The Morgan fingerprint density at radius 2 is 1.73 bits per heavy atom. The van der Waals surface area contributed by atoms with Crippen LogP contribution in [0, 0.1) is 5.92 Å². The van der Waals surface area contributed by atoms with Crippen molar-refractivity contribution in [2.24, 2.45) is 5.92 Å². The highest BCUT2D eigenvalue weighted by atomic mass is 16.2. The number of aromatic amines is 1. The van der Waals surface area contributed by atoms with E-state index in [1.54, 1.807) is 0 Å². The number of nitrogens with one attached hydrogen (secondary N) is 1.